The Hall–Kier alpha value is -0.120. The molecule has 0 bridgehead atoms. The van der Waals surface area contributed by atoms with Crippen molar-refractivity contribution in [2.45, 2.75) is 57.5 Å². The largest absolute Gasteiger partial charge is 0.395 e. The Morgan fingerprint density at radius 2 is 2.00 bits per heavy atom. The Bertz CT molecular complexity index is 164. The average Bonchev–Trinajstić information content (AvgIpc) is 2.25. The lowest BCUT2D eigenvalue weighted by molar-refractivity contribution is 0.109. The van der Waals surface area contributed by atoms with Crippen LogP contribution in [0.5, 0.6) is 0 Å². The highest BCUT2D eigenvalue weighted by molar-refractivity contribution is 4.85. The minimum absolute atomic E-state index is 0.257. The molecule has 0 radical (unpaired) electrons. The standard InChI is InChI=1S/C12H26N2O/c1-2-3-8-14(9-10-15)12-7-5-4-6-11(12)13/h11-12,15H,2-10,13H2,1H3. The van der Waals surface area contributed by atoms with Gasteiger partial charge in [-0.2, -0.15) is 0 Å². The summed E-state index contributed by atoms with van der Waals surface area (Å²) in [7, 11) is 0. The molecule has 90 valence electrons. The Morgan fingerprint density at radius 1 is 1.27 bits per heavy atom. The van der Waals surface area contributed by atoms with Crippen molar-refractivity contribution in [1.29, 1.82) is 0 Å². The van der Waals surface area contributed by atoms with Crippen LogP contribution in [0, 0.1) is 0 Å². The molecule has 3 nitrogen and oxygen atoms in total. The first-order chi connectivity index (χ1) is 7.29. The normalized spacial score (nSPS) is 27.2. The quantitative estimate of drug-likeness (QED) is 0.702. The highest BCUT2D eigenvalue weighted by Gasteiger charge is 2.26. The lowest BCUT2D eigenvalue weighted by Gasteiger charge is -2.38. The smallest absolute Gasteiger partial charge is 0.0558 e. The van der Waals surface area contributed by atoms with E-state index >= 15 is 0 Å². The van der Waals surface area contributed by atoms with Gasteiger partial charge in [-0.25, -0.2) is 0 Å². The molecule has 0 saturated heterocycles. The van der Waals surface area contributed by atoms with Crippen molar-refractivity contribution in [3.63, 3.8) is 0 Å². The first kappa shape index (κ1) is 12.9. The van der Waals surface area contributed by atoms with E-state index in [0.29, 0.717) is 12.1 Å². The SMILES string of the molecule is CCCCN(CCO)C1CCCCC1N. The van der Waals surface area contributed by atoms with Gasteiger partial charge in [0.2, 0.25) is 0 Å². The van der Waals surface area contributed by atoms with Crippen molar-refractivity contribution in [3.05, 3.63) is 0 Å². The zero-order valence-electron chi connectivity index (χ0n) is 9.99. The average molecular weight is 214 g/mol. The molecule has 0 spiro atoms. The van der Waals surface area contributed by atoms with Crippen molar-refractivity contribution < 1.29 is 5.11 Å². The molecule has 2 atom stereocenters. The molecule has 0 aromatic heterocycles. The highest BCUT2D eigenvalue weighted by Crippen LogP contribution is 2.22. The minimum Gasteiger partial charge on any atom is -0.395 e. The number of hydrogen-bond acceptors (Lipinski definition) is 3. The second-order valence-electron chi connectivity index (χ2n) is 4.63. The number of unbranched alkanes of at least 4 members (excludes halogenated alkanes) is 1. The van der Waals surface area contributed by atoms with Crippen LogP contribution in [0.2, 0.25) is 0 Å². The van der Waals surface area contributed by atoms with Gasteiger partial charge < -0.3 is 10.8 Å². The fourth-order valence-electron chi connectivity index (χ4n) is 2.53. The summed E-state index contributed by atoms with van der Waals surface area (Å²) in [6.07, 6.45) is 7.36. The monoisotopic (exact) mass is 214 g/mol. The van der Waals surface area contributed by atoms with Gasteiger partial charge in [0, 0.05) is 18.6 Å². The van der Waals surface area contributed by atoms with Gasteiger partial charge in [0.1, 0.15) is 0 Å². The van der Waals surface area contributed by atoms with E-state index in [0.717, 1.165) is 19.5 Å². The van der Waals surface area contributed by atoms with E-state index in [-0.39, 0.29) is 6.61 Å². The minimum atomic E-state index is 0.257. The summed E-state index contributed by atoms with van der Waals surface area (Å²) >= 11 is 0. The molecule has 15 heavy (non-hydrogen) atoms. The van der Waals surface area contributed by atoms with Crippen LogP contribution < -0.4 is 5.73 Å². The molecule has 2 unspecified atom stereocenters. The fraction of sp³-hybridized carbons (Fsp3) is 1.00. The van der Waals surface area contributed by atoms with Crippen LogP contribution in [0.4, 0.5) is 0 Å². The Labute approximate surface area is 93.6 Å². The van der Waals surface area contributed by atoms with Crippen LogP contribution in [0.3, 0.4) is 0 Å². The van der Waals surface area contributed by atoms with Gasteiger partial charge in [0.25, 0.3) is 0 Å². The molecule has 3 heteroatoms. The van der Waals surface area contributed by atoms with E-state index in [9.17, 15) is 0 Å². The molecule has 0 aromatic rings. The summed E-state index contributed by atoms with van der Waals surface area (Å²) in [5.74, 6) is 0. The molecular formula is C12H26N2O. The summed E-state index contributed by atoms with van der Waals surface area (Å²) in [5, 5.41) is 9.07. The van der Waals surface area contributed by atoms with Crippen molar-refractivity contribution in [2.24, 2.45) is 5.73 Å². The topological polar surface area (TPSA) is 49.5 Å². The number of aliphatic hydroxyl groups is 1. The predicted octanol–water partition coefficient (Wildman–Crippen LogP) is 1.35. The van der Waals surface area contributed by atoms with E-state index in [1.54, 1.807) is 0 Å². The van der Waals surface area contributed by atoms with Crippen molar-refractivity contribution in [3.8, 4) is 0 Å². The summed E-state index contributed by atoms with van der Waals surface area (Å²) < 4.78 is 0. The molecule has 0 aliphatic heterocycles. The maximum Gasteiger partial charge on any atom is 0.0558 e. The number of nitrogens with zero attached hydrogens (tertiary/aromatic N) is 1. The molecular weight excluding hydrogens is 188 g/mol. The van der Waals surface area contributed by atoms with Gasteiger partial charge in [-0.3, -0.25) is 4.90 Å². The third-order valence-corrected chi connectivity index (χ3v) is 3.44. The van der Waals surface area contributed by atoms with E-state index in [2.05, 4.69) is 11.8 Å². The summed E-state index contributed by atoms with van der Waals surface area (Å²) in [4.78, 5) is 2.40. The van der Waals surface area contributed by atoms with Crippen LogP contribution in [-0.2, 0) is 0 Å². The number of nitrogens with two attached hydrogens (primary N) is 1. The summed E-state index contributed by atoms with van der Waals surface area (Å²) in [6.45, 7) is 4.35. The first-order valence-electron chi connectivity index (χ1n) is 6.40. The Balaban J connectivity index is 2.44. The zero-order valence-corrected chi connectivity index (χ0v) is 9.99. The summed E-state index contributed by atoms with van der Waals surface area (Å²) in [6, 6.07) is 0.833. The van der Waals surface area contributed by atoms with E-state index in [1.165, 1.54) is 32.1 Å². The highest BCUT2D eigenvalue weighted by atomic mass is 16.3. The van der Waals surface area contributed by atoms with Gasteiger partial charge in [0.05, 0.1) is 6.61 Å². The summed E-state index contributed by atoms with van der Waals surface area (Å²) in [5.41, 5.74) is 6.16. The van der Waals surface area contributed by atoms with Crippen molar-refractivity contribution in [1.82, 2.24) is 4.90 Å². The van der Waals surface area contributed by atoms with Crippen molar-refractivity contribution >= 4 is 0 Å². The lowest BCUT2D eigenvalue weighted by atomic mass is 9.89. The molecule has 0 amide bonds. The molecule has 3 N–H and O–H groups in total. The maximum absolute atomic E-state index is 9.07. The Morgan fingerprint density at radius 3 is 2.60 bits per heavy atom. The zero-order chi connectivity index (χ0) is 11.1. The van der Waals surface area contributed by atoms with Gasteiger partial charge in [-0.15, -0.1) is 0 Å². The van der Waals surface area contributed by atoms with Gasteiger partial charge >= 0.3 is 0 Å². The molecule has 1 aliphatic carbocycles. The van der Waals surface area contributed by atoms with Gasteiger partial charge in [-0.05, 0) is 25.8 Å². The molecule has 1 aliphatic rings. The second-order valence-corrected chi connectivity index (χ2v) is 4.63. The van der Waals surface area contributed by atoms with E-state index < -0.39 is 0 Å². The Kier molecular flexibility index (Phi) is 6.22. The number of aliphatic hydroxyl groups excluding tert-OH is 1. The third-order valence-electron chi connectivity index (χ3n) is 3.44. The van der Waals surface area contributed by atoms with Crippen LogP contribution in [0.1, 0.15) is 45.4 Å². The molecule has 1 fully saturated rings. The fourth-order valence-corrected chi connectivity index (χ4v) is 2.53. The van der Waals surface area contributed by atoms with Crippen molar-refractivity contribution in [2.75, 3.05) is 19.7 Å². The molecule has 1 rings (SSSR count). The second kappa shape index (κ2) is 7.20. The van der Waals surface area contributed by atoms with Crippen LogP contribution >= 0.6 is 0 Å². The maximum atomic E-state index is 9.07. The van der Waals surface area contributed by atoms with E-state index in [4.69, 9.17) is 10.8 Å². The van der Waals surface area contributed by atoms with Gasteiger partial charge in [-0.1, -0.05) is 26.2 Å². The predicted molar refractivity (Wildman–Crippen MR) is 63.8 cm³/mol. The van der Waals surface area contributed by atoms with Crippen LogP contribution in [0.25, 0.3) is 0 Å². The molecule has 0 aromatic carbocycles. The molecule has 1 saturated carbocycles. The van der Waals surface area contributed by atoms with Crippen LogP contribution in [0.15, 0.2) is 0 Å². The van der Waals surface area contributed by atoms with Crippen LogP contribution in [-0.4, -0.2) is 41.8 Å². The number of hydrogen-bond donors (Lipinski definition) is 2. The first-order valence-corrected chi connectivity index (χ1v) is 6.40. The third kappa shape index (κ3) is 4.09. The van der Waals surface area contributed by atoms with Gasteiger partial charge in [0.15, 0.2) is 0 Å². The van der Waals surface area contributed by atoms with E-state index in [1.807, 2.05) is 0 Å². The lowest BCUT2D eigenvalue weighted by Crippen LogP contribution is -2.50. The molecule has 0 heterocycles. The number of rotatable bonds is 6.